The molecule has 9 heteroatoms. The molecule has 8 nitrogen and oxygen atoms in total. The Labute approximate surface area is 180 Å². The van der Waals surface area contributed by atoms with Crippen molar-refractivity contribution in [2.45, 2.75) is 52.7 Å². The second kappa shape index (κ2) is 9.75. The third kappa shape index (κ3) is 6.88. The minimum absolute atomic E-state index is 0.0428. The standard InChI is InChI=1S/C21H27ClN4O4/c1-12(2)10-15(20(29)30-21(3,4)5)26-19(28)17-16(23-11-24-17)18(27)25-14-8-6-13(22)7-9-14/h6-9,11-12,15H,10H2,1-5H3,(H,23,24)(H,25,27)(H,26,28)/t15-/m0/s1. The van der Waals surface area contributed by atoms with Crippen LogP contribution in [-0.4, -0.2) is 39.4 Å². The molecule has 0 aliphatic heterocycles. The summed E-state index contributed by atoms with van der Waals surface area (Å²) in [5, 5.41) is 5.85. The predicted octanol–water partition coefficient (Wildman–Crippen LogP) is 3.80. The third-order valence-corrected chi connectivity index (χ3v) is 4.14. The van der Waals surface area contributed by atoms with E-state index in [-0.39, 0.29) is 17.3 Å². The van der Waals surface area contributed by atoms with Crippen LogP contribution in [0.25, 0.3) is 0 Å². The van der Waals surface area contributed by atoms with Crippen LogP contribution in [0, 0.1) is 5.92 Å². The Bertz CT molecular complexity index is 900. The minimum atomic E-state index is -0.854. The van der Waals surface area contributed by atoms with Gasteiger partial charge in [0.15, 0.2) is 5.69 Å². The van der Waals surface area contributed by atoms with E-state index in [9.17, 15) is 14.4 Å². The molecule has 30 heavy (non-hydrogen) atoms. The van der Waals surface area contributed by atoms with Crippen molar-refractivity contribution in [3.63, 3.8) is 0 Å². The van der Waals surface area contributed by atoms with Gasteiger partial charge in [0.25, 0.3) is 11.8 Å². The first-order chi connectivity index (χ1) is 14.0. The lowest BCUT2D eigenvalue weighted by Gasteiger charge is -2.25. The number of rotatable bonds is 7. The molecule has 0 unspecified atom stereocenters. The van der Waals surface area contributed by atoms with Crippen molar-refractivity contribution in [1.82, 2.24) is 15.3 Å². The molecule has 0 spiro atoms. The highest BCUT2D eigenvalue weighted by molar-refractivity contribution is 6.30. The average Bonchev–Trinajstić information content (AvgIpc) is 3.11. The van der Waals surface area contributed by atoms with Crippen LogP contribution in [0.5, 0.6) is 0 Å². The lowest BCUT2D eigenvalue weighted by atomic mass is 10.0. The number of benzene rings is 1. The van der Waals surface area contributed by atoms with Crippen molar-refractivity contribution < 1.29 is 19.1 Å². The summed E-state index contributed by atoms with van der Waals surface area (Å²) in [5.74, 6) is -1.58. The fourth-order valence-corrected chi connectivity index (χ4v) is 2.78. The Morgan fingerprint density at radius 3 is 2.33 bits per heavy atom. The zero-order chi connectivity index (χ0) is 22.5. The summed E-state index contributed by atoms with van der Waals surface area (Å²) in [6.07, 6.45) is 1.64. The van der Waals surface area contributed by atoms with Crippen molar-refractivity contribution >= 4 is 35.1 Å². The van der Waals surface area contributed by atoms with E-state index in [1.165, 1.54) is 6.33 Å². The second-order valence-corrected chi connectivity index (χ2v) is 8.71. The van der Waals surface area contributed by atoms with Crippen LogP contribution in [0.2, 0.25) is 5.02 Å². The molecule has 162 valence electrons. The SMILES string of the molecule is CC(C)C[C@H](NC(=O)c1[nH]cnc1C(=O)Nc1ccc(Cl)cc1)C(=O)OC(C)(C)C. The number of anilines is 1. The Morgan fingerprint density at radius 1 is 1.13 bits per heavy atom. The molecule has 3 N–H and O–H groups in total. The first kappa shape index (κ1) is 23.4. The maximum Gasteiger partial charge on any atom is 0.329 e. The highest BCUT2D eigenvalue weighted by Crippen LogP contribution is 2.16. The lowest BCUT2D eigenvalue weighted by Crippen LogP contribution is -2.45. The first-order valence-corrected chi connectivity index (χ1v) is 9.98. The maximum absolute atomic E-state index is 12.8. The molecular formula is C21H27ClN4O4. The number of H-pyrrole nitrogens is 1. The van der Waals surface area contributed by atoms with E-state index in [2.05, 4.69) is 20.6 Å². The number of esters is 1. The molecule has 0 aliphatic carbocycles. The zero-order valence-corrected chi connectivity index (χ0v) is 18.5. The number of nitrogens with zero attached hydrogens (tertiary/aromatic N) is 1. The number of nitrogens with one attached hydrogen (secondary N) is 3. The summed E-state index contributed by atoms with van der Waals surface area (Å²) in [6, 6.07) is 5.67. The summed E-state index contributed by atoms with van der Waals surface area (Å²) >= 11 is 5.84. The number of hydrogen-bond donors (Lipinski definition) is 3. The van der Waals surface area contributed by atoms with Gasteiger partial charge in [0, 0.05) is 10.7 Å². The molecule has 1 atom stereocenters. The molecule has 2 aromatic rings. The summed E-state index contributed by atoms with van der Waals surface area (Å²) < 4.78 is 5.42. The van der Waals surface area contributed by atoms with Crippen molar-refractivity contribution in [2.24, 2.45) is 5.92 Å². The zero-order valence-electron chi connectivity index (χ0n) is 17.7. The largest absolute Gasteiger partial charge is 0.458 e. The molecule has 0 saturated carbocycles. The van der Waals surface area contributed by atoms with Crippen LogP contribution in [-0.2, 0) is 9.53 Å². The van der Waals surface area contributed by atoms with Gasteiger partial charge in [-0.05, 0) is 57.4 Å². The molecule has 0 radical (unpaired) electrons. The summed E-state index contributed by atoms with van der Waals surface area (Å²) in [6.45, 7) is 9.14. The molecule has 2 amide bonds. The second-order valence-electron chi connectivity index (χ2n) is 8.28. The van der Waals surface area contributed by atoms with E-state index in [4.69, 9.17) is 16.3 Å². The highest BCUT2D eigenvalue weighted by Gasteiger charge is 2.29. The van der Waals surface area contributed by atoms with Crippen LogP contribution in [0.3, 0.4) is 0 Å². The van der Waals surface area contributed by atoms with Gasteiger partial charge < -0.3 is 20.4 Å². The van der Waals surface area contributed by atoms with E-state index in [1.54, 1.807) is 45.0 Å². The quantitative estimate of drug-likeness (QED) is 0.573. The van der Waals surface area contributed by atoms with Crippen molar-refractivity contribution in [3.8, 4) is 0 Å². The lowest BCUT2D eigenvalue weighted by molar-refractivity contribution is -0.157. The molecule has 2 rings (SSSR count). The van der Waals surface area contributed by atoms with Gasteiger partial charge in [-0.2, -0.15) is 0 Å². The van der Waals surface area contributed by atoms with Crippen LogP contribution >= 0.6 is 11.6 Å². The number of amides is 2. The van der Waals surface area contributed by atoms with Crippen molar-refractivity contribution in [3.05, 3.63) is 47.0 Å². The summed E-state index contributed by atoms with van der Waals surface area (Å²) in [4.78, 5) is 44.5. The summed E-state index contributed by atoms with van der Waals surface area (Å²) in [5.41, 5.74) is -0.312. The molecule has 0 bridgehead atoms. The molecule has 1 heterocycles. The smallest absolute Gasteiger partial charge is 0.329 e. The van der Waals surface area contributed by atoms with E-state index in [0.29, 0.717) is 17.1 Å². The van der Waals surface area contributed by atoms with Gasteiger partial charge in [-0.25, -0.2) is 9.78 Å². The van der Waals surface area contributed by atoms with Gasteiger partial charge in [-0.1, -0.05) is 25.4 Å². The Morgan fingerprint density at radius 2 is 1.77 bits per heavy atom. The first-order valence-electron chi connectivity index (χ1n) is 9.60. The maximum atomic E-state index is 12.8. The number of hydrogen-bond acceptors (Lipinski definition) is 5. The number of carbonyl (C=O) groups is 3. The molecule has 0 saturated heterocycles. The van der Waals surface area contributed by atoms with Gasteiger partial charge in [0.2, 0.25) is 0 Å². The number of aromatic amines is 1. The Kier molecular flexibility index (Phi) is 7.61. The Balaban J connectivity index is 2.15. The summed E-state index contributed by atoms with van der Waals surface area (Å²) in [7, 11) is 0. The molecule has 1 aromatic heterocycles. The third-order valence-electron chi connectivity index (χ3n) is 3.89. The van der Waals surface area contributed by atoms with E-state index >= 15 is 0 Å². The normalized spacial score (nSPS) is 12.4. The van der Waals surface area contributed by atoms with Crippen LogP contribution in [0.15, 0.2) is 30.6 Å². The van der Waals surface area contributed by atoms with E-state index < -0.39 is 29.4 Å². The van der Waals surface area contributed by atoms with Gasteiger partial charge in [-0.3, -0.25) is 9.59 Å². The molecular weight excluding hydrogens is 408 g/mol. The van der Waals surface area contributed by atoms with Gasteiger partial charge in [0.1, 0.15) is 17.3 Å². The molecule has 0 fully saturated rings. The molecule has 1 aromatic carbocycles. The minimum Gasteiger partial charge on any atom is -0.458 e. The fraction of sp³-hybridized carbons (Fsp3) is 0.429. The van der Waals surface area contributed by atoms with E-state index in [1.807, 2.05) is 13.8 Å². The number of carbonyl (C=O) groups excluding carboxylic acids is 3. The van der Waals surface area contributed by atoms with Gasteiger partial charge in [0.05, 0.1) is 6.33 Å². The highest BCUT2D eigenvalue weighted by atomic mass is 35.5. The number of halogens is 1. The van der Waals surface area contributed by atoms with Crippen LogP contribution in [0.4, 0.5) is 5.69 Å². The topological polar surface area (TPSA) is 113 Å². The monoisotopic (exact) mass is 434 g/mol. The van der Waals surface area contributed by atoms with E-state index in [0.717, 1.165) is 0 Å². The average molecular weight is 435 g/mol. The molecule has 0 aliphatic rings. The number of ether oxygens (including phenoxy) is 1. The van der Waals surface area contributed by atoms with Gasteiger partial charge >= 0.3 is 5.97 Å². The van der Waals surface area contributed by atoms with Gasteiger partial charge in [-0.15, -0.1) is 0 Å². The van der Waals surface area contributed by atoms with Crippen molar-refractivity contribution in [1.29, 1.82) is 0 Å². The van der Waals surface area contributed by atoms with Crippen LogP contribution in [0.1, 0.15) is 62.0 Å². The number of imidazole rings is 1. The van der Waals surface area contributed by atoms with Crippen LogP contribution < -0.4 is 10.6 Å². The Hall–Kier alpha value is -2.87. The van der Waals surface area contributed by atoms with Crippen molar-refractivity contribution in [2.75, 3.05) is 5.32 Å². The number of aromatic nitrogens is 2. The predicted molar refractivity (Wildman–Crippen MR) is 115 cm³/mol. The fourth-order valence-electron chi connectivity index (χ4n) is 2.65.